The van der Waals surface area contributed by atoms with Gasteiger partial charge in [-0.1, -0.05) is 6.07 Å². The predicted molar refractivity (Wildman–Crippen MR) is 115 cm³/mol. The third kappa shape index (κ3) is 3.60. The molecule has 0 saturated heterocycles. The van der Waals surface area contributed by atoms with Crippen LogP contribution >= 0.6 is 0 Å². The Hall–Kier alpha value is -3.78. The summed E-state index contributed by atoms with van der Waals surface area (Å²) in [6.07, 6.45) is 3.36. The molecule has 0 spiro atoms. The molecule has 8 nitrogen and oxygen atoms in total. The summed E-state index contributed by atoms with van der Waals surface area (Å²) in [5, 5.41) is 12.1. The number of aryl methyl sites for hydroxylation is 1. The number of imidazole rings is 1. The van der Waals surface area contributed by atoms with Crippen molar-refractivity contribution in [3.63, 3.8) is 0 Å². The van der Waals surface area contributed by atoms with Gasteiger partial charge < -0.3 is 9.88 Å². The van der Waals surface area contributed by atoms with E-state index in [1.165, 1.54) is 0 Å². The quantitative estimate of drug-likeness (QED) is 0.341. The number of aromatic nitrogens is 4. The van der Waals surface area contributed by atoms with E-state index in [0.717, 1.165) is 33.5 Å². The zero-order chi connectivity index (χ0) is 21.3. The van der Waals surface area contributed by atoms with Gasteiger partial charge in [0.25, 0.3) is 5.91 Å². The van der Waals surface area contributed by atoms with Crippen molar-refractivity contribution in [3.05, 3.63) is 66.2 Å². The molecule has 0 bridgehead atoms. The minimum absolute atomic E-state index is 0.185. The van der Waals surface area contributed by atoms with Gasteiger partial charge in [0.05, 0.1) is 11.0 Å². The molecule has 8 heteroatoms. The summed E-state index contributed by atoms with van der Waals surface area (Å²) in [6.45, 7) is 6.16. The molecule has 0 fully saturated rings. The number of anilines is 2. The molecule has 152 valence electrons. The number of carbonyl (C=O) groups excluding carboxylic acids is 1. The lowest BCUT2D eigenvalue weighted by atomic mass is 10.1. The van der Waals surface area contributed by atoms with Crippen molar-refractivity contribution in [2.24, 2.45) is 0 Å². The van der Waals surface area contributed by atoms with Gasteiger partial charge in [0.15, 0.2) is 0 Å². The fraction of sp³-hybridized carbons (Fsp3) is 0.182. The number of amides is 1. The first kappa shape index (κ1) is 19.5. The van der Waals surface area contributed by atoms with E-state index in [0.29, 0.717) is 11.5 Å². The van der Waals surface area contributed by atoms with Gasteiger partial charge in [0.2, 0.25) is 5.95 Å². The molecule has 0 aliphatic heterocycles. The summed E-state index contributed by atoms with van der Waals surface area (Å²) >= 11 is 0. The predicted octanol–water partition coefficient (Wildman–Crippen LogP) is 4.25. The maximum Gasteiger partial charge on any atom is 0.274 e. The molecule has 0 atom stereocenters. The van der Waals surface area contributed by atoms with E-state index in [1.54, 1.807) is 36.1 Å². The average Bonchev–Trinajstić information content (AvgIpc) is 3.11. The molecule has 4 rings (SSSR count). The molecule has 1 amide bonds. The average molecular weight is 402 g/mol. The van der Waals surface area contributed by atoms with Crippen LogP contribution in [0.5, 0.6) is 0 Å². The minimum atomic E-state index is -0.552. The first-order valence-corrected chi connectivity index (χ1v) is 9.58. The van der Waals surface area contributed by atoms with Crippen molar-refractivity contribution in [3.8, 4) is 11.1 Å². The number of hydrogen-bond donors (Lipinski definition) is 3. The van der Waals surface area contributed by atoms with Gasteiger partial charge in [0, 0.05) is 34.7 Å². The molecule has 2 aromatic carbocycles. The van der Waals surface area contributed by atoms with Crippen molar-refractivity contribution >= 4 is 28.6 Å². The topological polar surface area (TPSA) is 105 Å². The van der Waals surface area contributed by atoms with E-state index in [-0.39, 0.29) is 6.04 Å². The van der Waals surface area contributed by atoms with Crippen LogP contribution in [-0.4, -0.2) is 30.6 Å². The van der Waals surface area contributed by atoms with Crippen LogP contribution in [0.3, 0.4) is 0 Å². The summed E-state index contributed by atoms with van der Waals surface area (Å²) in [6, 6.07) is 13.1. The van der Waals surface area contributed by atoms with Crippen LogP contribution in [0.25, 0.3) is 22.2 Å². The number of hydrogen-bond acceptors (Lipinski definition) is 6. The first-order chi connectivity index (χ1) is 14.5. The van der Waals surface area contributed by atoms with Crippen molar-refractivity contribution < 1.29 is 10.0 Å². The van der Waals surface area contributed by atoms with Gasteiger partial charge in [-0.25, -0.2) is 20.4 Å². The molecule has 0 saturated carbocycles. The lowest BCUT2D eigenvalue weighted by molar-refractivity contribution is 0.0706. The summed E-state index contributed by atoms with van der Waals surface area (Å²) < 4.78 is 2.13. The molecule has 3 N–H and O–H groups in total. The molecule has 2 aromatic heterocycles. The van der Waals surface area contributed by atoms with Crippen molar-refractivity contribution in [2.75, 3.05) is 5.32 Å². The number of nitrogens with zero attached hydrogens (tertiary/aromatic N) is 4. The van der Waals surface area contributed by atoms with Gasteiger partial charge >= 0.3 is 0 Å². The van der Waals surface area contributed by atoms with E-state index >= 15 is 0 Å². The van der Waals surface area contributed by atoms with Gasteiger partial charge in [-0.15, -0.1) is 0 Å². The van der Waals surface area contributed by atoms with Gasteiger partial charge in [-0.2, -0.15) is 0 Å². The number of fused-ring (bicyclic) bond motifs is 1. The number of hydroxylamine groups is 1. The van der Waals surface area contributed by atoms with E-state index in [1.807, 2.05) is 19.2 Å². The molecular formula is C22H22N6O2. The lowest BCUT2D eigenvalue weighted by Crippen LogP contribution is -2.18. The second-order valence-corrected chi connectivity index (χ2v) is 7.27. The minimum Gasteiger partial charge on any atom is -0.326 e. The van der Waals surface area contributed by atoms with Crippen LogP contribution in [0, 0.1) is 6.92 Å². The highest BCUT2D eigenvalue weighted by molar-refractivity contribution is 5.93. The molecule has 0 aliphatic carbocycles. The summed E-state index contributed by atoms with van der Waals surface area (Å²) in [4.78, 5) is 24.7. The van der Waals surface area contributed by atoms with Gasteiger partial charge in [-0.05, 0) is 62.7 Å². The van der Waals surface area contributed by atoms with Crippen LogP contribution in [0.4, 0.5) is 11.6 Å². The van der Waals surface area contributed by atoms with Crippen LogP contribution in [0.2, 0.25) is 0 Å². The first-order valence-electron chi connectivity index (χ1n) is 9.58. The fourth-order valence-corrected chi connectivity index (χ4v) is 3.45. The second-order valence-electron chi connectivity index (χ2n) is 7.27. The zero-order valence-electron chi connectivity index (χ0n) is 16.9. The largest absolute Gasteiger partial charge is 0.326 e. The Labute approximate surface area is 173 Å². The standard InChI is InChI=1S/C22H22N6O2/c1-13(2)28-20-9-6-16(18-11-23-12-24-14(18)3)10-19(20)26-22(28)25-17-7-4-15(5-8-17)21(29)27-30/h4-13,30H,1-3H3,(H,25,26)(H,27,29). The third-order valence-electron chi connectivity index (χ3n) is 4.93. The number of nitrogens with one attached hydrogen (secondary N) is 2. The number of rotatable bonds is 5. The van der Waals surface area contributed by atoms with Crippen LogP contribution in [0.15, 0.2) is 55.0 Å². The fourth-order valence-electron chi connectivity index (χ4n) is 3.45. The Morgan fingerprint density at radius 3 is 2.57 bits per heavy atom. The second kappa shape index (κ2) is 7.92. The molecule has 0 radical (unpaired) electrons. The molecule has 0 aliphatic rings. The monoisotopic (exact) mass is 402 g/mol. The third-order valence-corrected chi connectivity index (χ3v) is 4.93. The summed E-state index contributed by atoms with van der Waals surface area (Å²) in [5.74, 6) is 0.154. The summed E-state index contributed by atoms with van der Waals surface area (Å²) in [5.41, 5.74) is 7.57. The zero-order valence-corrected chi connectivity index (χ0v) is 16.9. The summed E-state index contributed by atoms with van der Waals surface area (Å²) in [7, 11) is 0. The molecule has 30 heavy (non-hydrogen) atoms. The number of carbonyl (C=O) groups is 1. The smallest absolute Gasteiger partial charge is 0.274 e. The van der Waals surface area contributed by atoms with E-state index in [9.17, 15) is 4.79 Å². The van der Waals surface area contributed by atoms with Crippen LogP contribution < -0.4 is 10.8 Å². The van der Waals surface area contributed by atoms with Crippen molar-refractivity contribution in [1.29, 1.82) is 0 Å². The van der Waals surface area contributed by atoms with Crippen LogP contribution in [0.1, 0.15) is 35.9 Å². The maximum absolute atomic E-state index is 11.5. The molecule has 4 aromatic rings. The Balaban J connectivity index is 1.73. The molecular weight excluding hydrogens is 380 g/mol. The Kier molecular flexibility index (Phi) is 5.16. The Morgan fingerprint density at radius 1 is 1.13 bits per heavy atom. The Morgan fingerprint density at radius 2 is 1.90 bits per heavy atom. The highest BCUT2D eigenvalue weighted by atomic mass is 16.5. The molecule has 0 unspecified atom stereocenters. The Bertz CT molecular complexity index is 1210. The maximum atomic E-state index is 11.5. The van der Waals surface area contributed by atoms with Crippen molar-refractivity contribution in [2.45, 2.75) is 26.8 Å². The number of benzene rings is 2. The van der Waals surface area contributed by atoms with Crippen LogP contribution in [-0.2, 0) is 0 Å². The SMILES string of the molecule is Cc1ncncc1-c1ccc2c(c1)nc(Nc1ccc(C(=O)NO)cc1)n2C(C)C. The van der Waals surface area contributed by atoms with E-state index < -0.39 is 5.91 Å². The molecule has 2 heterocycles. The lowest BCUT2D eigenvalue weighted by Gasteiger charge is -2.14. The van der Waals surface area contributed by atoms with Gasteiger partial charge in [0.1, 0.15) is 6.33 Å². The van der Waals surface area contributed by atoms with E-state index in [2.05, 4.69) is 45.8 Å². The normalized spacial score (nSPS) is 11.1. The van der Waals surface area contributed by atoms with Crippen molar-refractivity contribution in [1.82, 2.24) is 25.0 Å². The van der Waals surface area contributed by atoms with Gasteiger partial charge in [-0.3, -0.25) is 10.0 Å². The highest BCUT2D eigenvalue weighted by Gasteiger charge is 2.15. The highest BCUT2D eigenvalue weighted by Crippen LogP contribution is 2.30. The van der Waals surface area contributed by atoms with E-state index in [4.69, 9.17) is 10.2 Å².